The van der Waals surface area contributed by atoms with Gasteiger partial charge in [-0.25, -0.2) is 0 Å². The van der Waals surface area contributed by atoms with E-state index < -0.39 is 0 Å². The first-order valence-electron chi connectivity index (χ1n) is 5.96. The van der Waals surface area contributed by atoms with Gasteiger partial charge in [0.15, 0.2) is 0 Å². The van der Waals surface area contributed by atoms with Crippen molar-refractivity contribution in [2.75, 3.05) is 27.2 Å². The third-order valence-electron chi connectivity index (χ3n) is 3.79. The molecule has 0 aromatic carbocycles. The molecule has 0 aromatic heterocycles. The van der Waals surface area contributed by atoms with Crippen LogP contribution in [0.2, 0.25) is 0 Å². The fourth-order valence-electron chi connectivity index (χ4n) is 2.28. The number of hydrogen-bond donors (Lipinski definition) is 1. The molecule has 0 radical (unpaired) electrons. The molecule has 1 aliphatic carbocycles. The number of nitrogens with one attached hydrogen (secondary N) is 1. The molecule has 1 atom stereocenters. The third kappa shape index (κ3) is 2.96. The molecule has 0 spiro atoms. The smallest absolute Gasteiger partial charge is 0.00924 e. The first kappa shape index (κ1) is 12.0. The van der Waals surface area contributed by atoms with Gasteiger partial charge in [-0.15, -0.1) is 0 Å². The van der Waals surface area contributed by atoms with Crippen molar-refractivity contribution in [3.63, 3.8) is 0 Å². The summed E-state index contributed by atoms with van der Waals surface area (Å²) >= 11 is 0. The van der Waals surface area contributed by atoms with E-state index >= 15 is 0 Å². The molecule has 84 valence electrons. The van der Waals surface area contributed by atoms with Crippen molar-refractivity contribution in [3.8, 4) is 0 Å². The van der Waals surface area contributed by atoms with E-state index in [0.717, 1.165) is 12.6 Å². The molecule has 14 heavy (non-hydrogen) atoms. The Balaban J connectivity index is 2.37. The number of hydrogen-bond acceptors (Lipinski definition) is 2. The maximum absolute atomic E-state index is 3.31. The number of nitrogens with zero attached hydrogens (tertiary/aromatic N) is 1. The zero-order valence-corrected chi connectivity index (χ0v) is 10.3. The van der Waals surface area contributed by atoms with Crippen molar-refractivity contribution < 1.29 is 0 Å². The first-order valence-corrected chi connectivity index (χ1v) is 5.96. The van der Waals surface area contributed by atoms with Crippen LogP contribution in [0.3, 0.4) is 0 Å². The SMILES string of the molecule is CCC(C)(CNC)CN(C)C1CCC1. The summed E-state index contributed by atoms with van der Waals surface area (Å²) in [6.07, 6.45) is 5.51. The van der Waals surface area contributed by atoms with Gasteiger partial charge >= 0.3 is 0 Å². The fraction of sp³-hybridized carbons (Fsp3) is 1.00. The minimum absolute atomic E-state index is 0.444. The molecule has 0 heterocycles. The average molecular weight is 198 g/mol. The lowest BCUT2D eigenvalue weighted by Crippen LogP contribution is -2.46. The Morgan fingerprint density at radius 1 is 1.43 bits per heavy atom. The Labute approximate surface area is 89.1 Å². The van der Waals surface area contributed by atoms with Gasteiger partial charge in [-0.1, -0.05) is 20.3 Å². The van der Waals surface area contributed by atoms with Crippen LogP contribution in [0.15, 0.2) is 0 Å². The quantitative estimate of drug-likeness (QED) is 0.703. The molecule has 0 bridgehead atoms. The van der Waals surface area contributed by atoms with Crippen molar-refractivity contribution in [3.05, 3.63) is 0 Å². The van der Waals surface area contributed by atoms with Gasteiger partial charge in [0.1, 0.15) is 0 Å². The second-order valence-corrected chi connectivity index (χ2v) is 5.19. The molecule has 0 aromatic rings. The van der Waals surface area contributed by atoms with Crippen LogP contribution in [-0.2, 0) is 0 Å². The molecular formula is C12H26N2. The average Bonchev–Trinajstić information content (AvgIpc) is 2.01. The van der Waals surface area contributed by atoms with Crippen molar-refractivity contribution in [2.45, 2.75) is 45.6 Å². The Morgan fingerprint density at radius 2 is 2.07 bits per heavy atom. The van der Waals surface area contributed by atoms with E-state index in [1.54, 1.807) is 0 Å². The van der Waals surface area contributed by atoms with Gasteiger partial charge in [-0.3, -0.25) is 0 Å². The van der Waals surface area contributed by atoms with E-state index in [1.165, 1.54) is 32.2 Å². The van der Waals surface area contributed by atoms with Gasteiger partial charge in [0.05, 0.1) is 0 Å². The van der Waals surface area contributed by atoms with Crippen LogP contribution in [0.1, 0.15) is 39.5 Å². The lowest BCUT2D eigenvalue weighted by Gasteiger charge is -2.40. The van der Waals surface area contributed by atoms with Crippen LogP contribution in [-0.4, -0.2) is 38.1 Å². The molecule has 1 fully saturated rings. The lowest BCUT2D eigenvalue weighted by molar-refractivity contribution is 0.0988. The van der Waals surface area contributed by atoms with Crippen molar-refractivity contribution in [1.29, 1.82) is 0 Å². The summed E-state index contributed by atoms with van der Waals surface area (Å²) < 4.78 is 0. The highest BCUT2D eigenvalue weighted by atomic mass is 15.1. The minimum atomic E-state index is 0.444. The van der Waals surface area contributed by atoms with Gasteiger partial charge in [-0.05, 0) is 38.8 Å². The normalized spacial score (nSPS) is 22.1. The van der Waals surface area contributed by atoms with Crippen molar-refractivity contribution in [1.82, 2.24) is 10.2 Å². The summed E-state index contributed by atoms with van der Waals surface area (Å²) in [7, 11) is 4.34. The van der Waals surface area contributed by atoms with Gasteiger partial charge in [0, 0.05) is 19.1 Å². The second kappa shape index (κ2) is 5.13. The molecule has 2 heteroatoms. The maximum Gasteiger partial charge on any atom is 0.00924 e. The second-order valence-electron chi connectivity index (χ2n) is 5.19. The molecule has 1 saturated carbocycles. The fourth-order valence-corrected chi connectivity index (χ4v) is 2.28. The Hall–Kier alpha value is -0.0800. The Morgan fingerprint density at radius 3 is 2.43 bits per heavy atom. The van der Waals surface area contributed by atoms with Crippen LogP contribution in [0.25, 0.3) is 0 Å². The third-order valence-corrected chi connectivity index (χ3v) is 3.79. The molecule has 1 aliphatic rings. The molecule has 1 unspecified atom stereocenters. The summed E-state index contributed by atoms with van der Waals surface area (Å²) in [6, 6.07) is 0.873. The van der Waals surface area contributed by atoms with E-state index in [2.05, 4.69) is 38.2 Å². The summed E-state index contributed by atoms with van der Waals surface area (Å²) in [4.78, 5) is 2.56. The van der Waals surface area contributed by atoms with Crippen LogP contribution < -0.4 is 5.32 Å². The standard InChI is InChI=1S/C12H26N2/c1-5-12(2,9-13-3)10-14(4)11-7-6-8-11/h11,13H,5-10H2,1-4H3. The highest BCUT2D eigenvalue weighted by Gasteiger charge is 2.28. The molecule has 1 rings (SSSR count). The minimum Gasteiger partial charge on any atom is -0.319 e. The lowest BCUT2D eigenvalue weighted by atomic mass is 9.84. The number of rotatable bonds is 6. The van der Waals surface area contributed by atoms with E-state index in [0.29, 0.717) is 5.41 Å². The Kier molecular flexibility index (Phi) is 4.39. The predicted octanol–water partition coefficient (Wildman–Crippen LogP) is 2.11. The molecule has 0 saturated heterocycles. The zero-order chi connectivity index (χ0) is 10.6. The topological polar surface area (TPSA) is 15.3 Å². The van der Waals surface area contributed by atoms with Crippen molar-refractivity contribution in [2.24, 2.45) is 5.41 Å². The van der Waals surface area contributed by atoms with Crippen molar-refractivity contribution >= 4 is 0 Å². The van der Waals surface area contributed by atoms with E-state index in [4.69, 9.17) is 0 Å². The van der Waals surface area contributed by atoms with Crippen LogP contribution >= 0.6 is 0 Å². The van der Waals surface area contributed by atoms with E-state index in [1.807, 2.05) is 0 Å². The highest BCUT2D eigenvalue weighted by molar-refractivity contribution is 4.84. The molecule has 1 N–H and O–H groups in total. The van der Waals surface area contributed by atoms with Gasteiger partial charge < -0.3 is 10.2 Å². The molecule has 0 aliphatic heterocycles. The van der Waals surface area contributed by atoms with Gasteiger partial charge in [0.25, 0.3) is 0 Å². The van der Waals surface area contributed by atoms with Crippen LogP contribution in [0.5, 0.6) is 0 Å². The molecule has 2 nitrogen and oxygen atoms in total. The van der Waals surface area contributed by atoms with Crippen LogP contribution in [0.4, 0.5) is 0 Å². The first-order chi connectivity index (χ1) is 6.61. The largest absolute Gasteiger partial charge is 0.319 e. The molecule has 0 amide bonds. The summed E-state index contributed by atoms with van der Waals surface area (Å²) in [5.41, 5.74) is 0.444. The molecular weight excluding hydrogens is 172 g/mol. The summed E-state index contributed by atoms with van der Waals surface area (Å²) in [5, 5.41) is 3.31. The summed E-state index contributed by atoms with van der Waals surface area (Å²) in [6.45, 7) is 7.04. The van der Waals surface area contributed by atoms with E-state index in [-0.39, 0.29) is 0 Å². The zero-order valence-electron chi connectivity index (χ0n) is 10.3. The maximum atomic E-state index is 3.31. The van der Waals surface area contributed by atoms with Gasteiger partial charge in [0.2, 0.25) is 0 Å². The highest BCUT2D eigenvalue weighted by Crippen LogP contribution is 2.28. The summed E-state index contributed by atoms with van der Waals surface area (Å²) in [5.74, 6) is 0. The predicted molar refractivity (Wildman–Crippen MR) is 62.6 cm³/mol. The van der Waals surface area contributed by atoms with E-state index in [9.17, 15) is 0 Å². The Bertz CT molecular complexity index is 166. The van der Waals surface area contributed by atoms with Gasteiger partial charge in [-0.2, -0.15) is 0 Å². The monoisotopic (exact) mass is 198 g/mol. The van der Waals surface area contributed by atoms with Crippen LogP contribution in [0, 0.1) is 5.41 Å².